The predicted molar refractivity (Wildman–Crippen MR) is 127 cm³/mol. The minimum Gasteiger partial charge on any atom is -0.361 e. The molecule has 0 atom stereocenters. The number of pyridine rings is 1. The number of fused-ring (bicyclic) bond motifs is 1. The number of nitrogens with one attached hydrogen (secondary N) is 3. The van der Waals surface area contributed by atoms with E-state index in [9.17, 15) is 4.39 Å². The van der Waals surface area contributed by atoms with E-state index in [1.807, 2.05) is 30.6 Å². The van der Waals surface area contributed by atoms with Gasteiger partial charge < -0.3 is 15.6 Å². The Morgan fingerprint density at radius 3 is 2.90 bits per heavy atom. The van der Waals surface area contributed by atoms with E-state index in [2.05, 4.69) is 30.7 Å². The van der Waals surface area contributed by atoms with Crippen molar-refractivity contribution in [2.45, 2.75) is 13.0 Å². The van der Waals surface area contributed by atoms with Gasteiger partial charge in [-0.05, 0) is 53.9 Å². The van der Waals surface area contributed by atoms with E-state index >= 15 is 0 Å². The minimum atomic E-state index is -0.226. The van der Waals surface area contributed by atoms with Gasteiger partial charge in [-0.3, -0.25) is 4.99 Å². The molecule has 3 heterocycles. The summed E-state index contributed by atoms with van der Waals surface area (Å²) in [5, 5.41) is 11.7. The molecule has 1 aromatic carbocycles. The number of H-pyrrole nitrogens is 1. The zero-order chi connectivity index (χ0) is 20.1. The van der Waals surface area contributed by atoms with Crippen molar-refractivity contribution in [3.8, 4) is 5.82 Å². The molecule has 30 heavy (non-hydrogen) atoms. The van der Waals surface area contributed by atoms with Crippen LogP contribution in [0.1, 0.15) is 11.1 Å². The summed E-state index contributed by atoms with van der Waals surface area (Å²) >= 11 is 0. The maximum atomic E-state index is 13.5. The molecule has 4 rings (SSSR count). The Labute approximate surface area is 190 Å². The van der Waals surface area contributed by atoms with Crippen LogP contribution in [0.4, 0.5) is 4.39 Å². The highest BCUT2D eigenvalue weighted by Crippen LogP contribution is 2.19. The summed E-state index contributed by atoms with van der Waals surface area (Å²) < 4.78 is 15.2. The first-order valence-electron chi connectivity index (χ1n) is 9.38. The molecular formula is C21H23FIN7. The van der Waals surface area contributed by atoms with Crippen LogP contribution in [-0.4, -0.2) is 39.3 Å². The molecule has 0 bridgehead atoms. The Morgan fingerprint density at radius 1 is 1.20 bits per heavy atom. The largest absolute Gasteiger partial charge is 0.361 e. The average Bonchev–Trinajstić information content (AvgIpc) is 3.41. The van der Waals surface area contributed by atoms with E-state index in [4.69, 9.17) is 0 Å². The Bertz CT molecular complexity index is 1120. The highest BCUT2D eigenvalue weighted by molar-refractivity contribution is 14.0. The lowest BCUT2D eigenvalue weighted by Gasteiger charge is -2.12. The molecule has 0 radical (unpaired) electrons. The van der Waals surface area contributed by atoms with Crippen LogP contribution in [0.15, 0.2) is 66.2 Å². The van der Waals surface area contributed by atoms with Gasteiger partial charge in [-0.1, -0.05) is 0 Å². The Hall–Kier alpha value is -2.95. The zero-order valence-electron chi connectivity index (χ0n) is 16.5. The topological polar surface area (TPSA) is 82.9 Å². The van der Waals surface area contributed by atoms with Crippen molar-refractivity contribution < 1.29 is 4.39 Å². The smallest absolute Gasteiger partial charge is 0.191 e. The number of nitrogens with zero attached hydrogens (tertiary/aromatic N) is 4. The summed E-state index contributed by atoms with van der Waals surface area (Å²) in [4.78, 5) is 11.8. The van der Waals surface area contributed by atoms with Crippen molar-refractivity contribution in [3.05, 3.63) is 78.1 Å². The molecule has 0 amide bonds. The van der Waals surface area contributed by atoms with Crippen molar-refractivity contribution in [1.82, 2.24) is 30.4 Å². The van der Waals surface area contributed by atoms with Crippen LogP contribution < -0.4 is 10.6 Å². The molecule has 0 aliphatic heterocycles. The summed E-state index contributed by atoms with van der Waals surface area (Å²) in [6.07, 6.45) is 8.02. The van der Waals surface area contributed by atoms with E-state index < -0.39 is 0 Å². The average molecular weight is 519 g/mol. The third-order valence-electron chi connectivity index (χ3n) is 4.65. The molecular weight excluding hydrogens is 496 g/mol. The van der Waals surface area contributed by atoms with Crippen molar-refractivity contribution >= 4 is 40.8 Å². The van der Waals surface area contributed by atoms with Crippen LogP contribution in [0.2, 0.25) is 0 Å². The van der Waals surface area contributed by atoms with Gasteiger partial charge in [-0.15, -0.1) is 24.0 Å². The van der Waals surface area contributed by atoms with Crippen LogP contribution in [0.3, 0.4) is 0 Å². The summed E-state index contributed by atoms with van der Waals surface area (Å²) in [5.41, 5.74) is 3.08. The molecule has 0 aliphatic rings. The standard InChI is InChI=1S/C21H22FN7.HI/c1-23-21(25-9-6-16-14-26-19-4-3-17(22)12-18(16)19)27-13-15-5-8-24-20(11-15)29-10-2-7-28-29;/h2-5,7-8,10-12,14,26H,6,9,13H2,1H3,(H2,23,25,27);1H. The molecule has 156 valence electrons. The van der Waals surface area contributed by atoms with E-state index in [1.54, 1.807) is 36.3 Å². The first-order chi connectivity index (χ1) is 14.2. The second-order valence-corrected chi connectivity index (χ2v) is 6.58. The van der Waals surface area contributed by atoms with Gasteiger partial charge in [0, 0.05) is 55.8 Å². The number of guanidine groups is 1. The fourth-order valence-electron chi connectivity index (χ4n) is 3.18. The van der Waals surface area contributed by atoms with E-state index in [0.29, 0.717) is 19.0 Å². The fraction of sp³-hybridized carbons (Fsp3) is 0.190. The number of halogens is 2. The summed E-state index contributed by atoms with van der Waals surface area (Å²) in [7, 11) is 1.73. The van der Waals surface area contributed by atoms with Crippen LogP contribution in [0, 0.1) is 5.82 Å². The zero-order valence-corrected chi connectivity index (χ0v) is 18.8. The second-order valence-electron chi connectivity index (χ2n) is 6.58. The maximum Gasteiger partial charge on any atom is 0.191 e. The fourth-order valence-corrected chi connectivity index (χ4v) is 3.18. The SMILES string of the molecule is CN=C(NCCc1c[nH]c2ccc(F)cc12)NCc1ccnc(-n2cccn2)c1.I. The van der Waals surface area contributed by atoms with Gasteiger partial charge in [-0.25, -0.2) is 14.1 Å². The molecule has 3 aromatic heterocycles. The van der Waals surface area contributed by atoms with Gasteiger partial charge in [0.25, 0.3) is 0 Å². The predicted octanol–water partition coefficient (Wildman–Crippen LogP) is 3.41. The third-order valence-corrected chi connectivity index (χ3v) is 4.65. The normalized spacial score (nSPS) is 11.3. The number of benzene rings is 1. The minimum absolute atomic E-state index is 0. The molecule has 9 heteroatoms. The monoisotopic (exact) mass is 519 g/mol. The van der Waals surface area contributed by atoms with Crippen molar-refractivity contribution in [2.75, 3.05) is 13.6 Å². The molecule has 0 aliphatic carbocycles. The molecule has 0 unspecified atom stereocenters. The van der Waals surface area contributed by atoms with Gasteiger partial charge in [0.1, 0.15) is 5.82 Å². The lowest BCUT2D eigenvalue weighted by atomic mass is 10.1. The maximum absolute atomic E-state index is 13.5. The van der Waals surface area contributed by atoms with Crippen molar-refractivity contribution in [3.63, 3.8) is 0 Å². The van der Waals surface area contributed by atoms with E-state index in [0.717, 1.165) is 34.3 Å². The second kappa shape index (κ2) is 10.2. The Morgan fingerprint density at radius 2 is 2.10 bits per heavy atom. The number of hydrogen-bond donors (Lipinski definition) is 3. The molecule has 0 fully saturated rings. The molecule has 0 saturated carbocycles. The first kappa shape index (κ1) is 21.8. The van der Waals surface area contributed by atoms with Crippen LogP contribution in [0.25, 0.3) is 16.7 Å². The van der Waals surface area contributed by atoms with Crippen molar-refractivity contribution in [2.24, 2.45) is 4.99 Å². The summed E-state index contributed by atoms with van der Waals surface area (Å²) in [5.74, 6) is 1.24. The molecule has 0 spiro atoms. The number of aromatic nitrogens is 4. The summed E-state index contributed by atoms with van der Waals surface area (Å²) in [6.45, 7) is 1.28. The van der Waals surface area contributed by atoms with Crippen LogP contribution in [-0.2, 0) is 13.0 Å². The van der Waals surface area contributed by atoms with Gasteiger partial charge in [0.05, 0.1) is 0 Å². The molecule has 7 nitrogen and oxygen atoms in total. The van der Waals surface area contributed by atoms with Gasteiger partial charge in [-0.2, -0.15) is 5.10 Å². The van der Waals surface area contributed by atoms with Gasteiger partial charge in [0.15, 0.2) is 11.8 Å². The van der Waals surface area contributed by atoms with Gasteiger partial charge in [0.2, 0.25) is 0 Å². The summed E-state index contributed by atoms with van der Waals surface area (Å²) in [6, 6.07) is 10.6. The number of aliphatic imine (C=N–C) groups is 1. The van der Waals surface area contributed by atoms with E-state index in [1.165, 1.54) is 6.07 Å². The van der Waals surface area contributed by atoms with Crippen molar-refractivity contribution in [1.29, 1.82) is 0 Å². The third kappa shape index (κ3) is 5.15. The lowest BCUT2D eigenvalue weighted by molar-refractivity contribution is 0.629. The first-order valence-corrected chi connectivity index (χ1v) is 9.38. The van der Waals surface area contributed by atoms with Crippen LogP contribution >= 0.6 is 24.0 Å². The quantitative estimate of drug-likeness (QED) is 0.207. The molecule has 0 saturated heterocycles. The molecule has 4 aromatic rings. The molecule has 3 N–H and O–H groups in total. The number of hydrogen-bond acceptors (Lipinski definition) is 3. The highest BCUT2D eigenvalue weighted by Gasteiger charge is 2.06. The van der Waals surface area contributed by atoms with Gasteiger partial charge >= 0.3 is 0 Å². The van der Waals surface area contributed by atoms with E-state index in [-0.39, 0.29) is 29.8 Å². The number of aromatic amines is 1. The Kier molecular flexibility index (Phi) is 7.39. The lowest BCUT2D eigenvalue weighted by Crippen LogP contribution is -2.37. The Balaban J connectivity index is 0.00000256. The number of rotatable bonds is 6. The van der Waals surface area contributed by atoms with Crippen LogP contribution in [0.5, 0.6) is 0 Å². The highest BCUT2D eigenvalue weighted by atomic mass is 127.